The van der Waals surface area contributed by atoms with Crippen molar-refractivity contribution in [1.29, 1.82) is 0 Å². The van der Waals surface area contributed by atoms with E-state index in [0.29, 0.717) is 19.1 Å². The molecule has 1 unspecified atom stereocenters. The summed E-state index contributed by atoms with van der Waals surface area (Å²) in [5.74, 6) is 1.53. The van der Waals surface area contributed by atoms with Gasteiger partial charge in [-0.2, -0.15) is 0 Å². The second-order valence-electron chi connectivity index (χ2n) is 7.04. The zero-order valence-corrected chi connectivity index (χ0v) is 16.4. The number of benzene rings is 1. The number of aryl methyl sites for hydroxylation is 1. The Bertz CT molecular complexity index is 732. The van der Waals surface area contributed by atoms with Crippen molar-refractivity contribution in [2.75, 3.05) is 26.2 Å². The first-order valence-corrected chi connectivity index (χ1v) is 9.82. The van der Waals surface area contributed by atoms with Gasteiger partial charge in [-0.15, -0.1) is 0 Å². The Labute approximate surface area is 162 Å². The van der Waals surface area contributed by atoms with Crippen LogP contribution < -0.4 is 5.32 Å². The number of aromatic nitrogens is 1. The van der Waals surface area contributed by atoms with Crippen molar-refractivity contribution in [1.82, 2.24) is 15.2 Å². The third kappa shape index (κ3) is 6.07. The summed E-state index contributed by atoms with van der Waals surface area (Å²) in [6, 6.07) is 16.4. The Balaban J connectivity index is 1.50. The van der Waals surface area contributed by atoms with Crippen molar-refractivity contribution >= 4 is 5.96 Å². The maximum absolute atomic E-state index is 5.94. The van der Waals surface area contributed by atoms with Gasteiger partial charge in [0.2, 0.25) is 0 Å². The van der Waals surface area contributed by atoms with Crippen LogP contribution >= 0.6 is 0 Å². The predicted molar refractivity (Wildman–Crippen MR) is 110 cm³/mol. The zero-order chi connectivity index (χ0) is 18.9. The molecule has 144 valence electrons. The summed E-state index contributed by atoms with van der Waals surface area (Å²) in [5.41, 5.74) is 3.27. The minimum absolute atomic E-state index is 0.551. The minimum atomic E-state index is 0.551. The molecule has 1 aliphatic heterocycles. The van der Waals surface area contributed by atoms with Crippen molar-refractivity contribution in [2.45, 2.75) is 33.4 Å². The summed E-state index contributed by atoms with van der Waals surface area (Å²) in [4.78, 5) is 11.7. The van der Waals surface area contributed by atoms with Gasteiger partial charge in [0.1, 0.15) is 0 Å². The molecule has 3 rings (SSSR count). The molecule has 0 saturated carbocycles. The molecule has 27 heavy (non-hydrogen) atoms. The van der Waals surface area contributed by atoms with Gasteiger partial charge in [0, 0.05) is 31.2 Å². The van der Waals surface area contributed by atoms with Crippen molar-refractivity contribution in [3.8, 4) is 0 Å². The second kappa shape index (κ2) is 10.1. The molecule has 0 spiro atoms. The largest absolute Gasteiger partial charge is 0.376 e. The van der Waals surface area contributed by atoms with Crippen molar-refractivity contribution in [3.05, 3.63) is 65.5 Å². The number of hydrogen-bond acceptors (Lipinski definition) is 3. The quantitative estimate of drug-likeness (QED) is 0.603. The van der Waals surface area contributed by atoms with Gasteiger partial charge in [-0.25, -0.2) is 4.99 Å². The molecule has 1 fully saturated rings. The zero-order valence-electron chi connectivity index (χ0n) is 16.4. The Morgan fingerprint density at radius 3 is 2.85 bits per heavy atom. The summed E-state index contributed by atoms with van der Waals surface area (Å²) < 4.78 is 5.94. The maximum Gasteiger partial charge on any atom is 0.194 e. The smallest absolute Gasteiger partial charge is 0.194 e. The number of nitrogens with one attached hydrogen (secondary N) is 1. The van der Waals surface area contributed by atoms with E-state index < -0.39 is 0 Å². The van der Waals surface area contributed by atoms with Crippen LogP contribution in [0.15, 0.2) is 53.5 Å². The van der Waals surface area contributed by atoms with Gasteiger partial charge in [0.05, 0.1) is 25.5 Å². The van der Waals surface area contributed by atoms with Crippen LogP contribution in [0, 0.1) is 12.8 Å². The Morgan fingerprint density at radius 1 is 1.22 bits per heavy atom. The van der Waals surface area contributed by atoms with Crippen LogP contribution in [0.5, 0.6) is 0 Å². The van der Waals surface area contributed by atoms with E-state index in [9.17, 15) is 0 Å². The Hall–Kier alpha value is -2.40. The summed E-state index contributed by atoms with van der Waals surface area (Å²) in [7, 11) is 0. The van der Waals surface area contributed by atoms with E-state index in [0.717, 1.165) is 50.0 Å². The summed E-state index contributed by atoms with van der Waals surface area (Å²) >= 11 is 0. The Morgan fingerprint density at radius 2 is 2.07 bits per heavy atom. The molecule has 0 amide bonds. The molecule has 1 aromatic heterocycles. The Kier molecular flexibility index (Phi) is 7.22. The molecule has 2 aromatic rings. The van der Waals surface area contributed by atoms with Crippen molar-refractivity contribution in [3.63, 3.8) is 0 Å². The van der Waals surface area contributed by atoms with Crippen LogP contribution in [-0.4, -0.2) is 42.1 Å². The van der Waals surface area contributed by atoms with E-state index in [1.165, 1.54) is 5.56 Å². The number of aliphatic imine (C=N–C) groups is 1. The van der Waals surface area contributed by atoms with Gasteiger partial charge < -0.3 is 15.0 Å². The molecule has 5 nitrogen and oxygen atoms in total. The fraction of sp³-hybridized carbons (Fsp3) is 0.455. The average Bonchev–Trinajstić information content (AvgIpc) is 3.15. The van der Waals surface area contributed by atoms with Gasteiger partial charge in [-0.1, -0.05) is 36.4 Å². The minimum Gasteiger partial charge on any atom is -0.376 e. The molecule has 1 aromatic carbocycles. The molecule has 1 saturated heterocycles. The fourth-order valence-corrected chi connectivity index (χ4v) is 3.35. The molecule has 1 aliphatic rings. The molecule has 1 atom stereocenters. The summed E-state index contributed by atoms with van der Waals surface area (Å²) in [5, 5.41) is 3.42. The van der Waals surface area contributed by atoms with Crippen LogP contribution in [0.3, 0.4) is 0 Å². The van der Waals surface area contributed by atoms with Gasteiger partial charge in [-0.3, -0.25) is 4.98 Å². The highest BCUT2D eigenvalue weighted by Gasteiger charge is 2.25. The number of ether oxygens (including phenoxy) is 1. The third-order valence-electron chi connectivity index (χ3n) is 4.72. The van der Waals surface area contributed by atoms with Crippen molar-refractivity contribution in [2.24, 2.45) is 10.9 Å². The standard InChI is InChI=1S/C22H30N4O/c1-3-23-22(24-14-21-11-7-8-18(2)25-21)26-13-12-20(15-26)17-27-16-19-9-5-4-6-10-19/h4-11,20H,3,12-17H2,1-2H3,(H,23,24). The molecular formula is C22H30N4O. The second-order valence-corrected chi connectivity index (χ2v) is 7.04. The fourth-order valence-electron chi connectivity index (χ4n) is 3.35. The van der Waals surface area contributed by atoms with Crippen LogP contribution in [0.2, 0.25) is 0 Å². The molecule has 0 aliphatic carbocycles. The molecule has 2 heterocycles. The van der Waals surface area contributed by atoms with E-state index in [2.05, 4.69) is 46.4 Å². The third-order valence-corrected chi connectivity index (χ3v) is 4.72. The number of rotatable bonds is 7. The highest BCUT2D eigenvalue weighted by molar-refractivity contribution is 5.80. The van der Waals surface area contributed by atoms with E-state index >= 15 is 0 Å². The van der Waals surface area contributed by atoms with E-state index in [-0.39, 0.29) is 0 Å². The maximum atomic E-state index is 5.94. The van der Waals surface area contributed by atoms with Crippen LogP contribution in [0.25, 0.3) is 0 Å². The lowest BCUT2D eigenvalue weighted by molar-refractivity contribution is 0.0906. The number of guanidine groups is 1. The van der Waals surface area contributed by atoms with Crippen LogP contribution in [0.1, 0.15) is 30.3 Å². The topological polar surface area (TPSA) is 49.8 Å². The normalized spacial score (nSPS) is 17.3. The number of likely N-dealkylation sites (tertiary alicyclic amines) is 1. The molecule has 0 bridgehead atoms. The van der Waals surface area contributed by atoms with E-state index in [1.54, 1.807) is 0 Å². The molecule has 0 radical (unpaired) electrons. The van der Waals surface area contributed by atoms with Gasteiger partial charge in [0.25, 0.3) is 0 Å². The molecular weight excluding hydrogens is 336 g/mol. The first-order valence-electron chi connectivity index (χ1n) is 9.82. The highest BCUT2D eigenvalue weighted by Crippen LogP contribution is 2.17. The number of pyridine rings is 1. The monoisotopic (exact) mass is 366 g/mol. The molecule has 5 heteroatoms. The summed E-state index contributed by atoms with van der Waals surface area (Å²) in [6.07, 6.45) is 1.14. The lowest BCUT2D eigenvalue weighted by atomic mass is 10.1. The summed E-state index contributed by atoms with van der Waals surface area (Å²) in [6.45, 7) is 9.08. The van der Waals surface area contributed by atoms with Gasteiger partial charge in [-0.05, 0) is 38.0 Å². The van der Waals surface area contributed by atoms with E-state index in [4.69, 9.17) is 9.73 Å². The lowest BCUT2D eigenvalue weighted by Gasteiger charge is -2.21. The molecule has 1 N–H and O–H groups in total. The van der Waals surface area contributed by atoms with Gasteiger partial charge in [0.15, 0.2) is 5.96 Å². The van der Waals surface area contributed by atoms with Crippen LogP contribution in [-0.2, 0) is 17.9 Å². The van der Waals surface area contributed by atoms with Gasteiger partial charge >= 0.3 is 0 Å². The lowest BCUT2D eigenvalue weighted by Crippen LogP contribution is -2.40. The predicted octanol–water partition coefficient (Wildman–Crippen LogP) is 3.39. The van der Waals surface area contributed by atoms with Crippen molar-refractivity contribution < 1.29 is 4.74 Å². The number of hydrogen-bond donors (Lipinski definition) is 1. The first-order chi connectivity index (χ1) is 13.2. The highest BCUT2D eigenvalue weighted by atomic mass is 16.5. The average molecular weight is 367 g/mol. The van der Waals surface area contributed by atoms with E-state index in [1.807, 2.05) is 31.2 Å². The SMILES string of the molecule is CCNC(=NCc1cccc(C)n1)N1CCC(COCc2ccccc2)C1. The van der Waals surface area contributed by atoms with Crippen LogP contribution in [0.4, 0.5) is 0 Å². The number of nitrogens with zero attached hydrogens (tertiary/aromatic N) is 3. The first kappa shape index (κ1) is 19.4.